The number of hydrogen-bond donors (Lipinski definition) is 1. The maximum absolute atomic E-state index is 4.17. The van der Waals surface area contributed by atoms with Crippen LogP contribution in [0.5, 0.6) is 0 Å². The quantitative estimate of drug-likeness (QED) is 0.684. The van der Waals surface area contributed by atoms with Gasteiger partial charge in [-0.1, -0.05) is 0 Å². The lowest BCUT2D eigenvalue weighted by molar-refractivity contribution is 0.480. The van der Waals surface area contributed by atoms with Crippen molar-refractivity contribution in [1.29, 1.82) is 0 Å². The third kappa shape index (κ3) is 1.58. The zero-order valence-electron chi connectivity index (χ0n) is 8.25. The first-order valence-electron chi connectivity index (χ1n) is 4.87. The van der Waals surface area contributed by atoms with Crippen LogP contribution >= 0.6 is 0 Å². The molecule has 4 nitrogen and oxygen atoms in total. The Morgan fingerprint density at radius 2 is 2.23 bits per heavy atom. The Morgan fingerprint density at radius 1 is 1.38 bits per heavy atom. The summed E-state index contributed by atoms with van der Waals surface area (Å²) in [6.45, 7) is 3.08. The van der Waals surface area contributed by atoms with E-state index in [0.717, 1.165) is 24.6 Å². The topological polar surface area (TPSA) is 42.7 Å². The van der Waals surface area contributed by atoms with Crippen molar-refractivity contribution in [1.82, 2.24) is 20.1 Å². The van der Waals surface area contributed by atoms with E-state index in [1.165, 1.54) is 12.8 Å². The molecule has 0 bridgehead atoms. The molecule has 1 N–H and O–H groups in total. The van der Waals surface area contributed by atoms with Crippen LogP contribution in [0.4, 0.5) is 0 Å². The molecule has 1 aliphatic rings. The van der Waals surface area contributed by atoms with Gasteiger partial charge in [0.15, 0.2) is 0 Å². The van der Waals surface area contributed by atoms with Gasteiger partial charge in [-0.25, -0.2) is 0 Å². The Kier molecular flexibility index (Phi) is 2.31. The zero-order valence-corrected chi connectivity index (χ0v) is 8.25. The highest BCUT2D eigenvalue weighted by Crippen LogP contribution is 2.14. The van der Waals surface area contributed by atoms with Gasteiger partial charge in [-0.2, -0.15) is 0 Å². The molecule has 2 rings (SSSR count). The van der Waals surface area contributed by atoms with E-state index < -0.39 is 0 Å². The Labute approximate surface area is 78.4 Å². The summed E-state index contributed by atoms with van der Waals surface area (Å²) in [5.74, 6) is 2.20. The van der Waals surface area contributed by atoms with Gasteiger partial charge in [0.25, 0.3) is 0 Å². The third-order valence-corrected chi connectivity index (χ3v) is 2.84. The molecule has 1 atom stereocenters. The van der Waals surface area contributed by atoms with E-state index >= 15 is 0 Å². The molecule has 72 valence electrons. The second kappa shape index (κ2) is 3.46. The fourth-order valence-electron chi connectivity index (χ4n) is 1.92. The van der Waals surface area contributed by atoms with Crippen LogP contribution in [-0.2, 0) is 13.0 Å². The Balaban J connectivity index is 2.18. The first-order valence-corrected chi connectivity index (χ1v) is 4.87. The van der Waals surface area contributed by atoms with Crippen LogP contribution in [0.1, 0.15) is 24.5 Å². The summed E-state index contributed by atoms with van der Waals surface area (Å²) in [6.07, 6.45) is 3.41. The van der Waals surface area contributed by atoms with Crippen molar-refractivity contribution in [3.8, 4) is 0 Å². The van der Waals surface area contributed by atoms with E-state index in [-0.39, 0.29) is 0 Å². The van der Waals surface area contributed by atoms with E-state index in [0.29, 0.717) is 6.04 Å². The summed E-state index contributed by atoms with van der Waals surface area (Å²) in [4.78, 5) is 0. The summed E-state index contributed by atoms with van der Waals surface area (Å²) >= 11 is 0. The molecule has 1 aromatic heterocycles. The summed E-state index contributed by atoms with van der Waals surface area (Å²) in [5.41, 5.74) is 0. The fraction of sp³-hybridized carbons (Fsp3) is 0.778. The molecule has 13 heavy (non-hydrogen) atoms. The van der Waals surface area contributed by atoms with Crippen molar-refractivity contribution >= 4 is 0 Å². The van der Waals surface area contributed by atoms with Crippen LogP contribution < -0.4 is 5.32 Å². The zero-order chi connectivity index (χ0) is 9.26. The maximum Gasteiger partial charge on any atom is 0.133 e. The van der Waals surface area contributed by atoms with Crippen molar-refractivity contribution < 1.29 is 0 Å². The third-order valence-electron chi connectivity index (χ3n) is 2.84. The molecule has 0 radical (unpaired) electrons. The molecule has 1 aromatic rings. The molecule has 0 saturated heterocycles. The van der Waals surface area contributed by atoms with E-state index in [2.05, 4.69) is 20.1 Å². The summed E-state index contributed by atoms with van der Waals surface area (Å²) < 4.78 is 2.23. The molecule has 0 spiro atoms. The van der Waals surface area contributed by atoms with Crippen molar-refractivity contribution in [3.05, 3.63) is 11.6 Å². The lowest BCUT2D eigenvalue weighted by atomic mass is 10.1. The van der Waals surface area contributed by atoms with Crippen LogP contribution in [0.25, 0.3) is 0 Å². The molecule has 0 saturated carbocycles. The molecular formula is C9H16N4. The monoisotopic (exact) mass is 180 g/mol. The first kappa shape index (κ1) is 8.69. The van der Waals surface area contributed by atoms with Gasteiger partial charge < -0.3 is 9.88 Å². The van der Waals surface area contributed by atoms with Crippen LogP contribution in [0, 0.1) is 6.92 Å². The van der Waals surface area contributed by atoms with Gasteiger partial charge in [0.2, 0.25) is 0 Å². The summed E-state index contributed by atoms with van der Waals surface area (Å²) in [5, 5.41) is 11.6. The molecule has 0 aliphatic carbocycles. The average Bonchev–Trinajstić information content (AvgIpc) is 2.38. The number of aryl methyl sites for hydroxylation is 2. The Hall–Kier alpha value is -0.900. The van der Waals surface area contributed by atoms with Crippen molar-refractivity contribution in [2.45, 2.75) is 38.8 Å². The van der Waals surface area contributed by atoms with Gasteiger partial charge in [0.05, 0.1) is 0 Å². The summed E-state index contributed by atoms with van der Waals surface area (Å²) in [6, 6.07) is 0.640. The number of fused-ring (bicyclic) bond motifs is 1. The molecule has 1 aliphatic heterocycles. The van der Waals surface area contributed by atoms with Crippen LogP contribution in [0.3, 0.4) is 0 Å². The predicted molar refractivity (Wildman–Crippen MR) is 50.5 cm³/mol. The number of nitrogens with zero attached hydrogens (tertiary/aromatic N) is 3. The van der Waals surface area contributed by atoms with Crippen LogP contribution in [-0.4, -0.2) is 27.9 Å². The van der Waals surface area contributed by atoms with E-state index in [1.54, 1.807) is 0 Å². The minimum Gasteiger partial charge on any atom is -0.317 e. The van der Waals surface area contributed by atoms with Crippen LogP contribution in [0.15, 0.2) is 0 Å². The van der Waals surface area contributed by atoms with E-state index in [9.17, 15) is 0 Å². The van der Waals surface area contributed by atoms with Crippen LogP contribution in [0.2, 0.25) is 0 Å². The molecule has 4 heteroatoms. The minimum absolute atomic E-state index is 0.640. The van der Waals surface area contributed by atoms with Gasteiger partial charge in [-0.15, -0.1) is 10.2 Å². The lowest BCUT2D eigenvalue weighted by Gasteiger charge is -2.11. The highest BCUT2D eigenvalue weighted by atomic mass is 15.3. The second-order valence-corrected chi connectivity index (χ2v) is 3.63. The Bertz CT molecular complexity index is 292. The highest BCUT2D eigenvalue weighted by Gasteiger charge is 2.16. The number of nitrogens with one attached hydrogen (secondary N) is 1. The fourth-order valence-corrected chi connectivity index (χ4v) is 1.92. The maximum atomic E-state index is 4.17. The first-order chi connectivity index (χ1) is 6.31. The SMILES string of the molecule is CN[C@@H]1CCc2nnc(C)n2CC1. The summed E-state index contributed by atoms with van der Waals surface area (Å²) in [7, 11) is 2.03. The van der Waals surface area contributed by atoms with Gasteiger partial charge in [0, 0.05) is 19.0 Å². The number of hydrogen-bond acceptors (Lipinski definition) is 3. The standard InChI is InChI=1S/C9H16N4/c1-7-11-12-9-4-3-8(10-2)5-6-13(7)9/h8,10H,3-6H2,1-2H3/t8-/m1/s1. The highest BCUT2D eigenvalue weighted by molar-refractivity contribution is 4.97. The van der Waals surface area contributed by atoms with Crippen molar-refractivity contribution in [3.63, 3.8) is 0 Å². The predicted octanol–water partition coefficient (Wildman–Crippen LogP) is 0.511. The van der Waals surface area contributed by atoms with E-state index in [4.69, 9.17) is 0 Å². The lowest BCUT2D eigenvalue weighted by Crippen LogP contribution is -2.25. The van der Waals surface area contributed by atoms with Gasteiger partial charge in [-0.05, 0) is 26.8 Å². The van der Waals surface area contributed by atoms with E-state index in [1.807, 2.05) is 14.0 Å². The smallest absolute Gasteiger partial charge is 0.133 e. The van der Waals surface area contributed by atoms with Crippen molar-refractivity contribution in [2.24, 2.45) is 0 Å². The molecular weight excluding hydrogens is 164 g/mol. The van der Waals surface area contributed by atoms with Crippen molar-refractivity contribution in [2.75, 3.05) is 7.05 Å². The minimum atomic E-state index is 0.640. The number of aromatic nitrogens is 3. The van der Waals surface area contributed by atoms with Gasteiger partial charge in [-0.3, -0.25) is 0 Å². The molecule has 2 heterocycles. The number of rotatable bonds is 1. The average molecular weight is 180 g/mol. The molecule has 0 fully saturated rings. The molecule has 0 aromatic carbocycles. The molecule has 0 amide bonds. The Morgan fingerprint density at radius 3 is 3.00 bits per heavy atom. The van der Waals surface area contributed by atoms with Gasteiger partial charge >= 0.3 is 0 Å². The van der Waals surface area contributed by atoms with Gasteiger partial charge in [0.1, 0.15) is 11.6 Å². The largest absolute Gasteiger partial charge is 0.317 e. The second-order valence-electron chi connectivity index (χ2n) is 3.63. The molecule has 0 unspecified atom stereocenters. The normalized spacial score (nSPS) is 22.5.